The van der Waals surface area contributed by atoms with Crippen LogP contribution in [-0.4, -0.2) is 23.0 Å². The lowest BCUT2D eigenvalue weighted by Gasteiger charge is -2.21. The molecule has 1 saturated heterocycles. The fourth-order valence-electron chi connectivity index (χ4n) is 1.86. The second kappa shape index (κ2) is 6.13. The standard InChI is InChI=1S/C12H18N2S/c1-2-6-14-12(3-1)10-13-9-11-4-7-15-8-5-11/h1-3,6,11,13H,4-5,7-10H2. The van der Waals surface area contributed by atoms with Crippen LogP contribution in [0.3, 0.4) is 0 Å². The van der Waals surface area contributed by atoms with Gasteiger partial charge in [-0.2, -0.15) is 11.8 Å². The van der Waals surface area contributed by atoms with E-state index in [2.05, 4.69) is 28.1 Å². The summed E-state index contributed by atoms with van der Waals surface area (Å²) < 4.78 is 0. The molecule has 0 bridgehead atoms. The van der Waals surface area contributed by atoms with Crippen molar-refractivity contribution in [3.05, 3.63) is 30.1 Å². The average molecular weight is 222 g/mol. The molecule has 1 aliphatic heterocycles. The third-order valence-corrected chi connectivity index (χ3v) is 3.85. The topological polar surface area (TPSA) is 24.9 Å². The summed E-state index contributed by atoms with van der Waals surface area (Å²) in [6, 6.07) is 6.08. The summed E-state index contributed by atoms with van der Waals surface area (Å²) in [5.74, 6) is 3.57. The molecule has 1 N–H and O–H groups in total. The lowest BCUT2D eigenvalue weighted by molar-refractivity contribution is 0.446. The van der Waals surface area contributed by atoms with E-state index in [0.29, 0.717) is 0 Å². The Balaban J connectivity index is 1.66. The molecule has 82 valence electrons. The smallest absolute Gasteiger partial charge is 0.0541 e. The van der Waals surface area contributed by atoms with Crippen molar-refractivity contribution in [3.63, 3.8) is 0 Å². The van der Waals surface area contributed by atoms with E-state index in [9.17, 15) is 0 Å². The number of pyridine rings is 1. The van der Waals surface area contributed by atoms with Crippen molar-refractivity contribution in [1.29, 1.82) is 0 Å². The Kier molecular flexibility index (Phi) is 4.48. The summed E-state index contributed by atoms with van der Waals surface area (Å²) >= 11 is 2.09. The number of thioether (sulfide) groups is 1. The van der Waals surface area contributed by atoms with E-state index < -0.39 is 0 Å². The Morgan fingerprint density at radius 2 is 2.20 bits per heavy atom. The van der Waals surface area contributed by atoms with Crippen LogP contribution >= 0.6 is 11.8 Å². The first kappa shape index (κ1) is 11.0. The lowest BCUT2D eigenvalue weighted by Crippen LogP contribution is -2.25. The van der Waals surface area contributed by atoms with Gasteiger partial charge in [0.2, 0.25) is 0 Å². The average Bonchev–Trinajstić information content (AvgIpc) is 2.32. The summed E-state index contributed by atoms with van der Waals surface area (Å²) in [5, 5.41) is 3.50. The minimum atomic E-state index is 0.884. The van der Waals surface area contributed by atoms with Crippen molar-refractivity contribution >= 4 is 11.8 Å². The Labute approximate surface area is 95.9 Å². The molecule has 2 rings (SSSR count). The number of aromatic nitrogens is 1. The molecule has 3 heteroatoms. The number of nitrogens with one attached hydrogen (secondary N) is 1. The van der Waals surface area contributed by atoms with Gasteiger partial charge in [-0.1, -0.05) is 6.07 Å². The van der Waals surface area contributed by atoms with Crippen LogP contribution in [0.2, 0.25) is 0 Å². The molecule has 0 unspecified atom stereocenters. The normalized spacial score (nSPS) is 17.9. The van der Waals surface area contributed by atoms with Gasteiger partial charge in [0.25, 0.3) is 0 Å². The third-order valence-electron chi connectivity index (χ3n) is 2.81. The monoisotopic (exact) mass is 222 g/mol. The highest BCUT2D eigenvalue weighted by molar-refractivity contribution is 7.99. The molecule has 1 aromatic heterocycles. The highest BCUT2D eigenvalue weighted by atomic mass is 32.2. The van der Waals surface area contributed by atoms with Gasteiger partial charge in [-0.05, 0) is 48.9 Å². The van der Waals surface area contributed by atoms with Crippen LogP contribution in [0.5, 0.6) is 0 Å². The van der Waals surface area contributed by atoms with E-state index in [-0.39, 0.29) is 0 Å². The quantitative estimate of drug-likeness (QED) is 0.846. The van der Waals surface area contributed by atoms with Crippen molar-refractivity contribution in [2.45, 2.75) is 19.4 Å². The summed E-state index contributed by atoms with van der Waals surface area (Å²) in [4.78, 5) is 4.29. The zero-order valence-electron chi connectivity index (χ0n) is 8.98. The van der Waals surface area contributed by atoms with Gasteiger partial charge in [0.05, 0.1) is 5.69 Å². The first-order valence-corrected chi connectivity index (χ1v) is 6.79. The molecule has 0 spiro atoms. The molecule has 0 saturated carbocycles. The molecular weight excluding hydrogens is 204 g/mol. The van der Waals surface area contributed by atoms with Gasteiger partial charge in [0.1, 0.15) is 0 Å². The molecule has 0 atom stereocenters. The van der Waals surface area contributed by atoms with Crippen LogP contribution in [0, 0.1) is 5.92 Å². The first-order valence-electron chi connectivity index (χ1n) is 5.63. The van der Waals surface area contributed by atoms with Gasteiger partial charge < -0.3 is 5.32 Å². The zero-order chi connectivity index (χ0) is 10.3. The predicted octanol–water partition coefficient (Wildman–Crippen LogP) is 2.31. The molecule has 15 heavy (non-hydrogen) atoms. The zero-order valence-corrected chi connectivity index (χ0v) is 9.80. The van der Waals surface area contributed by atoms with Gasteiger partial charge in [0.15, 0.2) is 0 Å². The Bertz CT molecular complexity index is 270. The van der Waals surface area contributed by atoms with Crippen LogP contribution in [0.25, 0.3) is 0 Å². The highest BCUT2D eigenvalue weighted by Gasteiger charge is 2.12. The maximum atomic E-state index is 4.29. The molecule has 0 aromatic carbocycles. The fourth-order valence-corrected chi connectivity index (χ4v) is 3.06. The van der Waals surface area contributed by atoms with Crippen molar-refractivity contribution in [3.8, 4) is 0 Å². The first-order chi connectivity index (χ1) is 7.45. The number of hydrogen-bond donors (Lipinski definition) is 1. The molecule has 0 amide bonds. The van der Waals surface area contributed by atoms with Gasteiger partial charge in [-0.15, -0.1) is 0 Å². The van der Waals surface area contributed by atoms with Gasteiger partial charge in [-0.25, -0.2) is 0 Å². The second-order valence-corrected chi connectivity index (χ2v) is 5.23. The van der Waals surface area contributed by atoms with Crippen molar-refractivity contribution in [2.75, 3.05) is 18.1 Å². The van der Waals surface area contributed by atoms with E-state index in [1.54, 1.807) is 0 Å². The van der Waals surface area contributed by atoms with Crippen LogP contribution in [0.15, 0.2) is 24.4 Å². The van der Waals surface area contributed by atoms with Crippen LogP contribution in [-0.2, 0) is 6.54 Å². The molecule has 1 aliphatic rings. The fraction of sp³-hybridized carbons (Fsp3) is 0.583. The molecular formula is C12H18N2S. The van der Waals surface area contributed by atoms with Crippen molar-refractivity contribution < 1.29 is 0 Å². The molecule has 1 aromatic rings. The van der Waals surface area contributed by atoms with Gasteiger partial charge in [0, 0.05) is 12.7 Å². The molecule has 0 aliphatic carbocycles. The Hall–Kier alpha value is -0.540. The van der Waals surface area contributed by atoms with Gasteiger partial charge >= 0.3 is 0 Å². The van der Waals surface area contributed by atoms with E-state index in [0.717, 1.165) is 24.7 Å². The summed E-state index contributed by atoms with van der Waals surface area (Å²) in [7, 11) is 0. The Morgan fingerprint density at radius 1 is 1.33 bits per heavy atom. The second-order valence-electron chi connectivity index (χ2n) is 4.01. The Morgan fingerprint density at radius 3 is 2.93 bits per heavy atom. The molecule has 1 fully saturated rings. The maximum Gasteiger partial charge on any atom is 0.0541 e. The SMILES string of the molecule is c1ccc(CNCC2CCSCC2)nc1. The summed E-state index contributed by atoms with van der Waals surface area (Å²) in [6.45, 7) is 2.06. The summed E-state index contributed by atoms with van der Waals surface area (Å²) in [6.07, 6.45) is 4.61. The van der Waals surface area contributed by atoms with E-state index >= 15 is 0 Å². The molecule has 2 heterocycles. The van der Waals surface area contributed by atoms with Gasteiger partial charge in [-0.3, -0.25) is 4.98 Å². The van der Waals surface area contributed by atoms with Crippen molar-refractivity contribution in [2.24, 2.45) is 5.92 Å². The number of hydrogen-bond acceptors (Lipinski definition) is 3. The van der Waals surface area contributed by atoms with Crippen LogP contribution in [0.1, 0.15) is 18.5 Å². The van der Waals surface area contributed by atoms with Crippen molar-refractivity contribution in [1.82, 2.24) is 10.3 Å². The maximum absolute atomic E-state index is 4.29. The van der Waals surface area contributed by atoms with Crippen LogP contribution in [0.4, 0.5) is 0 Å². The van der Waals surface area contributed by atoms with E-state index in [1.165, 1.54) is 24.3 Å². The van der Waals surface area contributed by atoms with Crippen LogP contribution < -0.4 is 5.32 Å². The number of nitrogens with zero attached hydrogens (tertiary/aromatic N) is 1. The highest BCUT2D eigenvalue weighted by Crippen LogP contribution is 2.21. The minimum Gasteiger partial charge on any atom is -0.311 e. The predicted molar refractivity (Wildman–Crippen MR) is 66.0 cm³/mol. The molecule has 0 radical (unpaired) electrons. The lowest BCUT2D eigenvalue weighted by atomic mass is 10.0. The number of rotatable bonds is 4. The minimum absolute atomic E-state index is 0.884. The van der Waals surface area contributed by atoms with E-state index in [1.807, 2.05) is 18.3 Å². The third kappa shape index (κ3) is 3.84. The van der Waals surface area contributed by atoms with E-state index in [4.69, 9.17) is 0 Å². The largest absolute Gasteiger partial charge is 0.311 e. The molecule has 2 nitrogen and oxygen atoms in total. The summed E-state index contributed by atoms with van der Waals surface area (Å²) in [5.41, 5.74) is 1.14.